The first-order valence-electron chi connectivity index (χ1n) is 11.1. The van der Waals surface area contributed by atoms with Crippen LogP contribution in [0.5, 0.6) is 5.75 Å². The zero-order valence-corrected chi connectivity index (χ0v) is 19.0. The topological polar surface area (TPSA) is 88.6 Å². The summed E-state index contributed by atoms with van der Waals surface area (Å²) >= 11 is 1.52. The Hall–Kier alpha value is -3.52. The first-order valence-corrected chi connectivity index (χ1v) is 11.9. The highest BCUT2D eigenvalue weighted by molar-refractivity contribution is 7.15. The van der Waals surface area contributed by atoms with E-state index in [2.05, 4.69) is 10.3 Å². The first kappa shape index (κ1) is 21.3. The fourth-order valence-electron chi connectivity index (χ4n) is 4.27. The smallest absolute Gasteiger partial charge is 0.261 e. The van der Waals surface area contributed by atoms with E-state index in [0.29, 0.717) is 39.7 Å². The number of hydrogen-bond acceptors (Lipinski definition) is 6. The summed E-state index contributed by atoms with van der Waals surface area (Å²) in [5, 5.41) is 3.49. The quantitative estimate of drug-likeness (QED) is 0.547. The fourth-order valence-corrected chi connectivity index (χ4v) is 5.31. The SMILES string of the molecule is CCOc1ccc(CN2C(=O)c3ccccc3C2=O)cc1C(=O)Nc1nc2c(s1)CCCC2. The first-order chi connectivity index (χ1) is 16.0. The molecule has 0 radical (unpaired) electrons. The zero-order valence-electron chi connectivity index (χ0n) is 18.2. The van der Waals surface area contributed by atoms with Crippen LogP contribution in [0.4, 0.5) is 5.13 Å². The van der Waals surface area contributed by atoms with Crippen LogP contribution in [-0.2, 0) is 19.4 Å². The molecule has 168 valence electrons. The van der Waals surface area contributed by atoms with Gasteiger partial charge in [-0.3, -0.25) is 24.6 Å². The average Bonchev–Trinajstić information content (AvgIpc) is 3.34. The number of fused-ring (bicyclic) bond motifs is 2. The minimum absolute atomic E-state index is 0.0740. The number of aromatic nitrogens is 1. The number of hydrogen-bond donors (Lipinski definition) is 1. The van der Waals surface area contributed by atoms with Crippen molar-refractivity contribution in [3.8, 4) is 5.75 Å². The van der Waals surface area contributed by atoms with Gasteiger partial charge in [0.1, 0.15) is 5.75 Å². The third kappa shape index (κ3) is 4.02. The van der Waals surface area contributed by atoms with Crippen LogP contribution in [-0.4, -0.2) is 34.2 Å². The summed E-state index contributed by atoms with van der Waals surface area (Å²) in [4.78, 5) is 45.6. The summed E-state index contributed by atoms with van der Waals surface area (Å²) in [5.74, 6) is -0.538. The molecular formula is C25H23N3O4S. The molecule has 8 heteroatoms. The van der Waals surface area contributed by atoms with Crippen molar-refractivity contribution in [2.24, 2.45) is 0 Å². The predicted octanol–water partition coefficient (Wildman–Crippen LogP) is 4.47. The van der Waals surface area contributed by atoms with Crippen LogP contribution in [0, 0.1) is 0 Å². The van der Waals surface area contributed by atoms with Gasteiger partial charge in [0.25, 0.3) is 17.7 Å². The summed E-state index contributed by atoms with van der Waals surface area (Å²) in [5.41, 5.74) is 2.89. The second kappa shape index (κ2) is 8.78. The second-order valence-electron chi connectivity index (χ2n) is 8.06. The Morgan fingerprint density at radius 2 is 1.82 bits per heavy atom. The maximum absolute atomic E-state index is 13.1. The van der Waals surface area contributed by atoms with Crippen LogP contribution < -0.4 is 10.1 Å². The normalized spacial score (nSPS) is 14.8. The number of anilines is 1. The molecule has 2 heterocycles. The van der Waals surface area contributed by atoms with E-state index in [1.165, 1.54) is 21.1 Å². The Labute approximate surface area is 195 Å². The van der Waals surface area contributed by atoms with Gasteiger partial charge in [0.05, 0.1) is 35.5 Å². The predicted molar refractivity (Wildman–Crippen MR) is 125 cm³/mol. The highest BCUT2D eigenvalue weighted by Crippen LogP contribution is 2.31. The molecule has 0 fully saturated rings. The molecule has 2 aliphatic rings. The monoisotopic (exact) mass is 461 g/mol. The molecule has 1 aliphatic carbocycles. The molecular weight excluding hydrogens is 438 g/mol. The standard InChI is InChI=1S/C25H23N3O4S/c1-2-32-20-12-11-15(14-28-23(30)16-7-3-4-8-17(16)24(28)31)13-18(20)22(29)27-25-26-19-9-5-6-10-21(19)33-25/h3-4,7-8,11-13H,2,5-6,9-10,14H2,1H3,(H,26,27,29). The van der Waals surface area contributed by atoms with Crippen LogP contribution in [0.1, 0.15) is 67.0 Å². The van der Waals surface area contributed by atoms with Gasteiger partial charge in [-0.15, -0.1) is 11.3 Å². The van der Waals surface area contributed by atoms with E-state index in [9.17, 15) is 14.4 Å². The van der Waals surface area contributed by atoms with Crippen LogP contribution in [0.15, 0.2) is 42.5 Å². The molecule has 0 saturated heterocycles. The number of aryl methyl sites for hydroxylation is 2. The lowest BCUT2D eigenvalue weighted by atomic mass is 10.0. The van der Waals surface area contributed by atoms with Gasteiger partial charge in [-0.05, 0) is 62.4 Å². The van der Waals surface area contributed by atoms with Gasteiger partial charge in [0, 0.05) is 4.88 Å². The number of carbonyl (C=O) groups excluding carboxylic acids is 3. The highest BCUT2D eigenvalue weighted by Gasteiger charge is 2.35. The largest absolute Gasteiger partial charge is 0.493 e. The average molecular weight is 462 g/mol. The highest BCUT2D eigenvalue weighted by atomic mass is 32.1. The van der Waals surface area contributed by atoms with Crippen LogP contribution >= 0.6 is 11.3 Å². The Kier molecular flexibility index (Phi) is 5.68. The van der Waals surface area contributed by atoms with Gasteiger partial charge < -0.3 is 4.74 Å². The third-order valence-electron chi connectivity index (χ3n) is 5.87. The number of nitrogens with zero attached hydrogens (tertiary/aromatic N) is 2. The lowest BCUT2D eigenvalue weighted by molar-refractivity contribution is 0.0642. The maximum atomic E-state index is 13.1. The van der Waals surface area contributed by atoms with Gasteiger partial charge in [-0.25, -0.2) is 4.98 Å². The van der Waals surface area contributed by atoms with Crippen molar-refractivity contribution in [1.82, 2.24) is 9.88 Å². The van der Waals surface area contributed by atoms with Crippen molar-refractivity contribution in [2.45, 2.75) is 39.2 Å². The Morgan fingerprint density at radius 3 is 2.52 bits per heavy atom. The molecule has 1 N–H and O–H groups in total. The number of rotatable bonds is 6. The van der Waals surface area contributed by atoms with Gasteiger partial charge in [0.15, 0.2) is 5.13 Å². The molecule has 1 aliphatic heterocycles. The van der Waals surface area contributed by atoms with Crippen LogP contribution in [0.25, 0.3) is 0 Å². The van der Waals surface area contributed by atoms with E-state index >= 15 is 0 Å². The molecule has 0 atom stereocenters. The number of thiazole rings is 1. The minimum Gasteiger partial charge on any atom is -0.493 e. The van der Waals surface area contributed by atoms with Gasteiger partial charge in [-0.2, -0.15) is 0 Å². The molecule has 33 heavy (non-hydrogen) atoms. The molecule has 0 saturated carbocycles. The number of nitrogens with one attached hydrogen (secondary N) is 1. The molecule has 3 amide bonds. The van der Waals surface area contributed by atoms with Gasteiger partial charge >= 0.3 is 0 Å². The molecule has 0 bridgehead atoms. The van der Waals surface area contributed by atoms with E-state index in [1.54, 1.807) is 42.5 Å². The number of imide groups is 1. The van der Waals surface area contributed by atoms with Crippen molar-refractivity contribution in [2.75, 3.05) is 11.9 Å². The van der Waals surface area contributed by atoms with Crippen molar-refractivity contribution < 1.29 is 19.1 Å². The van der Waals surface area contributed by atoms with Gasteiger partial charge in [-0.1, -0.05) is 18.2 Å². The summed E-state index contributed by atoms with van der Waals surface area (Å²) in [7, 11) is 0. The van der Waals surface area contributed by atoms with Gasteiger partial charge in [0.2, 0.25) is 0 Å². The summed E-state index contributed by atoms with van der Waals surface area (Å²) < 4.78 is 5.67. The fraction of sp³-hybridized carbons (Fsp3) is 0.280. The summed E-state index contributed by atoms with van der Waals surface area (Å²) in [6, 6.07) is 11.9. The van der Waals surface area contributed by atoms with Crippen LogP contribution in [0.2, 0.25) is 0 Å². The molecule has 2 aromatic carbocycles. The van der Waals surface area contributed by atoms with E-state index in [4.69, 9.17) is 4.74 Å². The molecule has 1 aromatic heterocycles. The lowest BCUT2D eigenvalue weighted by Crippen LogP contribution is -2.29. The Balaban J connectivity index is 1.39. The van der Waals surface area contributed by atoms with Crippen molar-refractivity contribution in [1.29, 1.82) is 0 Å². The molecule has 0 spiro atoms. The number of amides is 3. The van der Waals surface area contributed by atoms with Crippen molar-refractivity contribution in [3.63, 3.8) is 0 Å². The van der Waals surface area contributed by atoms with Crippen LogP contribution in [0.3, 0.4) is 0 Å². The number of ether oxygens (including phenoxy) is 1. The molecule has 7 nitrogen and oxygen atoms in total. The van der Waals surface area contributed by atoms with Crippen molar-refractivity contribution in [3.05, 3.63) is 75.3 Å². The maximum Gasteiger partial charge on any atom is 0.261 e. The molecule has 3 aromatic rings. The summed E-state index contributed by atoms with van der Waals surface area (Å²) in [6.45, 7) is 2.33. The van der Waals surface area contributed by atoms with E-state index < -0.39 is 0 Å². The Bertz CT molecular complexity index is 1210. The van der Waals surface area contributed by atoms with E-state index in [1.807, 2.05) is 6.92 Å². The van der Waals surface area contributed by atoms with E-state index in [0.717, 1.165) is 31.4 Å². The second-order valence-corrected chi connectivity index (χ2v) is 9.14. The summed E-state index contributed by atoms with van der Waals surface area (Å²) in [6.07, 6.45) is 4.22. The number of benzene rings is 2. The zero-order chi connectivity index (χ0) is 22.9. The Morgan fingerprint density at radius 1 is 1.09 bits per heavy atom. The molecule has 5 rings (SSSR count). The van der Waals surface area contributed by atoms with Crippen molar-refractivity contribution >= 4 is 34.2 Å². The van der Waals surface area contributed by atoms with E-state index in [-0.39, 0.29) is 24.3 Å². The minimum atomic E-state index is -0.330. The number of carbonyl (C=O) groups is 3. The molecule has 0 unspecified atom stereocenters. The lowest BCUT2D eigenvalue weighted by Gasteiger charge is -2.16. The third-order valence-corrected chi connectivity index (χ3v) is 6.95.